The van der Waals surface area contributed by atoms with Crippen molar-refractivity contribution in [3.63, 3.8) is 0 Å². The van der Waals surface area contributed by atoms with E-state index in [1.54, 1.807) is 17.8 Å². The number of thioether (sulfide) groups is 1. The number of aromatic nitrogens is 1. The van der Waals surface area contributed by atoms with E-state index < -0.39 is 5.97 Å². The second kappa shape index (κ2) is 4.35. The predicted molar refractivity (Wildman–Crippen MR) is 67.7 cm³/mol. The van der Waals surface area contributed by atoms with Crippen molar-refractivity contribution in [2.45, 2.75) is 9.79 Å². The maximum Gasteiger partial charge on any atom is 0.354 e. The van der Waals surface area contributed by atoms with Crippen LogP contribution >= 0.6 is 24.4 Å². The molecule has 0 atom stereocenters. The molecule has 0 saturated carbocycles. The van der Waals surface area contributed by atoms with Gasteiger partial charge in [-0.1, -0.05) is 12.1 Å². The molecule has 0 saturated heterocycles. The van der Waals surface area contributed by atoms with E-state index in [0.717, 1.165) is 15.2 Å². The molecule has 3 nitrogen and oxygen atoms in total. The highest BCUT2D eigenvalue weighted by Gasteiger charge is 2.09. The lowest BCUT2D eigenvalue weighted by molar-refractivity contribution is 0.0691. The second-order valence-electron chi connectivity index (χ2n) is 3.19. The third-order valence-corrected chi connectivity index (χ3v) is 3.62. The van der Waals surface area contributed by atoms with E-state index in [2.05, 4.69) is 17.6 Å². The minimum Gasteiger partial charge on any atom is -0.477 e. The highest BCUT2D eigenvalue weighted by atomic mass is 32.2. The van der Waals surface area contributed by atoms with Crippen molar-refractivity contribution in [2.24, 2.45) is 0 Å². The van der Waals surface area contributed by atoms with Gasteiger partial charge in [-0.25, -0.2) is 9.78 Å². The molecule has 0 aliphatic rings. The quantitative estimate of drug-likeness (QED) is 0.636. The standard InChI is InChI=1S/C11H9NO2S2/c1-16-8-5-3-6-2-4-7(11(13)14)12-9(6)10(8)15/h2-5,15H,1H3,(H,13,14). The summed E-state index contributed by atoms with van der Waals surface area (Å²) in [6, 6.07) is 7.11. The summed E-state index contributed by atoms with van der Waals surface area (Å²) in [7, 11) is 0. The SMILES string of the molecule is CSc1ccc2ccc(C(=O)O)nc2c1S. The molecule has 5 heteroatoms. The van der Waals surface area contributed by atoms with Gasteiger partial charge in [0.15, 0.2) is 0 Å². The van der Waals surface area contributed by atoms with Gasteiger partial charge in [0, 0.05) is 15.2 Å². The smallest absolute Gasteiger partial charge is 0.354 e. The fourth-order valence-electron chi connectivity index (χ4n) is 1.44. The van der Waals surface area contributed by atoms with Crippen molar-refractivity contribution in [3.8, 4) is 0 Å². The van der Waals surface area contributed by atoms with Crippen LogP contribution in [0.3, 0.4) is 0 Å². The lowest BCUT2D eigenvalue weighted by Crippen LogP contribution is -2.00. The minimum atomic E-state index is -1.02. The van der Waals surface area contributed by atoms with E-state index in [1.165, 1.54) is 6.07 Å². The highest BCUT2D eigenvalue weighted by Crippen LogP contribution is 2.30. The van der Waals surface area contributed by atoms with Crippen molar-refractivity contribution < 1.29 is 9.90 Å². The van der Waals surface area contributed by atoms with E-state index >= 15 is 0 Å². The normalized spacial score (nSPS) is 10.6. The Hall–Kier alpha value is -1.20. The topological polar surface area (TPSA) is 50.2 Å². The lowest BCUT2D eigenvalue weighted by Gasteiger charge is -2.06. The summed E-state index contributed by atoms with van der Waals surface area (Å²) in [5.74, 6) is -1.02. The molecule has 2 aromatic rings. The first-order valence-corrected chi connectivity index (χ1v) is 6.20. The van der Waals surface area contributed by atoms with Crippen LogP contribution in [0.5, 0.6) is 0 Å². The van der Waals surface area contributed by atoms with Gasteiger partial charge in [0.1, 0.15) is 5.69 Å². The second-order valence-corrected chi connectivity index (χ2v) is 4.49. The van der Waals surface area contributed by atoms with E-state index in [1.807, 2.05) is 18.4 Å². The van der Waals surface area contributed by atoms with Gasteiger partial charge in [-0.3, -0.25) is 0 Å². The molecule has 0 amide bonds. The number of carboxylic acids is 1. The average molecular weight is 251 g/mol. The Labute approximate surface area is 102 Å². The van der Waals surface area contributed by atoms with E-state index in [4.69, 9.17) is 5.11 Å². The molecule has 0 unspecified atom stereocenters. The third kappa shape index (κ3) is 1.88. The number of nitrogens with zero attached hydrogens (tertiary/aromatic N) is 1. The lowest BCUT2D eigenvalue weighted by atomic mass is 10.2. The van der Waals surface area contributed by atoms with Crippen molar-refractivity contribution in [3.05, 3.63) is 30.0 Å². The van der Waals surface area contributed by atoms with Gasteiger partial charge in [-0.15, -0.1) is 24.4 Å². The minimum absolute atomic E-state index is 0.0426. The number of fused-ring (bicyclic) bond motifs is 1. The molecule has 0 aliphatic carbocycles. The predicted octanol–water partition coefficient (Wildman–Crippen LogP) is 2.94. The first-order valence-electron chi connectivity index (χ1n) is 4.53. The number of thiol groups is 1. The van der Waals surface area contributed by atoms with Gasteiger partial charge in [0.05, 0.1) is 5.52 Å². The largest absolute Gasteiger partial charge is 0.477 e. The maximum absolute atomic E-state index is 10.8. The van der Waals surface area contributed by atoms with Gasteiger partial charge in [0.25, 0.3) is 0 Å². The molecule has 0 fully saturated rings. The molecule has 1 aromatic heterocycles. The Morgan fingerprint density at radius 3 is 2.69 bits per heavy atom. The van der Waals surface area contributed by atoms with Gasteiger partial charge in [0.2, 0.25) is 0 Å². The summed E-state index contributed by atoms with van der Waals surface area (Å²) in [6.45, 7) is 0. The average Bonchev–Trinajstić information content (AvgIpc) is 2.29. The number of hydrogen-bond donors (Lipinski definition) is 2. The van der Waals surface area contributed by atoms with Crippen molar-refractivity contribution in [1.29, 1.82) is 0 Å². The van der Waals surface area contributed by atoms with E-state index in [0.29, 0.717) is 5.52 Å². The number of carbonyl (C=O) groups is 1. The summed E-state index contributed by atoms with van der Waals surface area (Å²) in [6.07, 6.45) is 1.95. The Morgan fingerprint density at radius 2 is 2.06 bits per heavy atom. The Balaban J connectivity index is 2.74. The van der Waals surface area contributed by atoms with E-state index in [9.17, 15) is 4.79 Å². The third-order valence-electron chi connectivity index (χ3n) is 2.24. The summed E-state index contributed by atoms with van der Waals surface area (Å²) >= 11 is 5.94. The van der Waals surface area contributed by atoms with Crippen LogP contribution in [0.25, 0.3) is 10.9 Å². The molecule has 1 N–H and O–H groups in total. The number of benzene rings is 1. The molecule has 82 valence electrons. The van der Waals surface area contributed by atoms with Crippen LogP contribution in [0.15, 0.2) is 34.1 Å². The van der Waals surface area contributed by atoms with Crippen LogP contribution in [0.1, 0.15) is 10.5 Å². The van der Waals surface area contributed by atoms with Crippen molar-refractivity contribution in [2.75, 3.05) is 6.26 Å². The molecular formula is C11H9NO2S2. The van der Waals surface area contributed by atoms with Gasteiger partial charge < -0.3 is 5.11 Å². The Bertz CT molecular complexity index is 569. The van der Waals surface area contributed by atoms with Crippen LogP contribution in [0.2, 0.25) is 0 Å². The van der Waals surface area contributed by atoms with Crippen molar-refractivity contribution >= 4 is 41.3 Å². The molecule has 0 spiro atoms. The number of carboxylic acid groups (broad SMARTS) is 1. The molecule has 0 radical (unpaired) electrons. The van der Waals surface area contributed by atoms with Crippen LogP contribution in [0.4, 0.5) is 0 Å². The first kappa shape index (κ1) is 11.3. The number of aromatic carboxylic acids is 1. The molecule has 16 heavy (non-hydrogen) atoms. The summed E-state index contributed by atoms with van der Waals surface area (Å²) in [5.41, 5.74) is 0.677. The number of hydrogen-bond acceptors (Lipinski definition) is 4. The summed E-state index contributed by atoms with van der Waals surface area (Å²) in [5, 5.41) is 9.77. The first-order chi connectivity index (χ1) is 7.63. The molecule has 2 rings (SSSR count). The van der Waals surface area contributed by atoms with E-state index in [-0.39, 0.29) is 5.69 Å². The van der Waals surface area contributed by atoms with Crippen LogP contribution in [0, 0.1) is 0 Å². The molecule has 0 aliphatic heterocycles. The number of rotatable bonds is 2. The maximum atomic E-state index is 10.8. The monoisotopic (exact) mass is 251 g/mol. The molecule has 0 bridgehead atoms. The molecular weight excluding hydrogens is 242 g/mol. The zero-order valence-corrected chi connectivity index (χ0v) is 10.2. The van der Waals surface area contributed by atoms with Crippen LogP contribution < -0.4 is 0 Å². The number of pyridine rings is 1. The van der Waals surface area contributed by atoms with Gasteiger partial charge >= 0.3 is 5.97 Å². The Kier molecular flexibility index (Phi) is 3.07. The van der Waals surface area contributed by atoms with Gasteiger partial charge in [-0.2, -0.15) is 0 Å². The van der Waals surface area contributed by atoms with Crippen LogP contribution in [-0.2, 0) is 0 Å². The van der Waals surface area contributed by atoms with Gasteiger partial charge in [-0.05, 0) is 18.4 Å². The zero-order chi connectivity index (χ0) is 11.7. The fourth-order valence-corrected chi connectivity index (χ4v) is 2.46. The summed E-state index contributed by atoms with van der Waals surface area (Å²) in [4.78, 5) is 16.6. The summed E-state index contributed by atoms with van der Waals surface area (Å²) < 4.78 is 0. The molecule has 1 heterocycles. The molecule has 1 aromatic carbocycles. The highest BCUT2D eigenvalue weighted by molar-refractivity contribution is 7.99. The Morgan fingerprint density at radius 1 is 1.38 bits per heavy atom. The zero-order valence-electron chi connectivity index (χ0n) is 8.47. The fraction of sp³-hybridized carbons (Fsp3) is 0.0909. The van der Waals surface area contributed by atoms with Crippen molar-refractivity contribution in [1.82, 2.24) is 4.98 Å². The van der Waals surface area contributed by atoms with Crippen LogP contribution in [-0.4, -0.2) is 22.3 Å².